The lowest BCUT2D eigenvalue weighted by atomic mass is 10.0. The Balaban J connectivity index is 1.88. The monoisotopic (exact) mass is 322 g/mol. The molecule has 0 aliphatic rings. The standard InChI is InChI=1S/C17H20F2N2O2/c1-10(9-14-15(18)5-4-6-16(14)19)20-17(22)8-7-13-11(2)21-23-12(13)3/h4-6,10H,7-9H2,1-3H3,(H,20,22). The number of aromatic nitrogens is 1. The number of halogens is 2. The molecule has 124 valence electrons. The summed E-state index contributed by atoms with van der Waals surface area (Å²) in [6.45, 7) is 5.35. The maximum absolute atomic E-state index is 13.6. The fourth-order valence-electron chi connectivity index (χ4n) is 2.53. The van der Waals surface area contributed by atoms with Crippen LogP contribution < -0.4 is 5.32 Å². The van der Waals surface area contributed by atoms with E-state index in [0.29, 0.717) is 12.2 Å². The van der Waals surface area contributed by atoms with Crippen molar-refractivity contribution in [3.8, 4) is 0 Å². The van der Waals surface area contributed by atoms with Gasteiger partial charge in [-0.05, 0) is 45.7 Å². The summed E-state index contributed by atoms with van der Waals surface area (Å²) in [5.74, 6) is -0.658. The second-order valence-corrected chi connectivity index (χ2v) is 5.68. The predicted molar refractivity (Wildman–Crippen MR) is 82.0 cm³/mol. The molecule has 0 saturated carbocycles. The molecule has 6 heteroatoms. The molecular formula is C17H20F2N2O2. The molecule has 23 heavy (non-hydrogen) atoms. The van der Waals surface area contributed by atoms with Gasteiger partial charge in [-0.15, -0.1) is 0 Å². The van der Waals surface area contributed by atoms with E-state index >= 15 is 0 Å². The molecule has 4 nitrogen and oxygen atoms in total. The molecule has 1 N–H and O–H groups in total. The lowest BCUT2D eigenvalue weighted by molar-refractivity contribution is -0.121. The van der Waals surface area contributed by atoms with Crippen LogP contribution in [0.1, 0.15) is 35.9 Å². The lowest BCUT2D eigenvalue weighted by Crippen LogP contribution is -2.34. The highest BCUT2D eigenvalue weighted by molar-refractivity contribution is 5.76. The van der Waals surface area contributed by atoms with Crippen molar-refractivity contribution < 1.29 is 18.1 Å². The molecule has 2 aromatic rings. The van der Waals surface area contributed by atoms with Crippen LogP contribution in [0.4, 0.5) is 8.78 Å². The van der Waals surface area contributed by atoms with Crippen LogP contribution in [0.3, 0.4) is 0 Å². The Morgan fingerprint density at radius 2 is 1.91 bits per heavy atom. The minimum Gasteiger partial charge on any atom is -0.361 e. The van der Waals surface area contributed by atoms with Crippen LogP contribution in [0.15, 0.2) is 22.7 Å². The second-order valence-electron chi connectivity index (χ2n) is 5.68. The number of nitrogens with zero attached hydrogens (tertiary/aromatic N) is 1. The number of rotatable bonds is 6. The van der Waals surface area contributed by atoms with Gasteiger partial charge in [0.1, 0.15) is 17.4 Å². The number of nitrogens with one attached hydrogen (secondary N) is 1. The van der Waals surface area contributed by atoms with Crippen LogP contribution in [-0.4, -0.2) is 17.1 Å². The van der Waals surface area contributed by atoms with E-state index in [1.165, 1.54) is 18.2 Å². The average Bonchev–Trinajstić information content (AvgIpc) is 2.80. The van der Waals surface area contributed by atoms with E-state index in [0.717, 1.165) is 11.3 Å². The van der Waals surface area contributed by atoms with E-state index in [1.54, 1.807) is 13.8 Å². The molecule has 2 rings (SSSR count). The smallest absolute Gasteiger partial charge is 0.220 e. The Morgan fingerprint density at radius 1 is 1.26 bits per heavy atom. The molecule has 1 aromatic carbocycles. The summed E-state index contributed by atoms with van der Waals surface area (Å²) < 4.78 is 32.3. The molecular weight excluding hydrogens is 302 g/mol. The molecule has 0 fully saturated rings. The first-order chi connectivity index (χ1) is 10.9. The number of carbonyl (C=O) groups is 1. The van der Waals surface area contributed by atoms with Gasteiger partial charge in [-0.25, -0.2) is 8.78 Å². The van der Waals surface area contributed by atoms with E-state index in [-0.39, 0.29) is 30.4 Å². The van der Waals surface area contributed by atoms with Gasteiger partial charge in [0.05, 0.1) is 5.69 Å². The van der Waals surface area contributed by atoms with E-state index in [2.05, 4.69) is 10.5 Å². The zero-order valence-corrected chi connectivity index (χ0v) is 13.5. The third-order valence-corrected chi connectivity index (χ3v) is 3.76. The first-order valence-corrected chi connectivity index (χ1v) is 7.52. The minimum absolute atomic E-state index is 0.00831. The molecule has 0 radical (unpaired) electrons. The minimum atomic E-state index is -0.596. The molecule has 0 aliphatic heterocycles. The quantitative estimate of drug-likeness (QED) is 0.888. The molecule has 0 bridgehead atoms. The Hall–Kier alpha value is -2.24. The molecule has 0 aliphatic carbocycles. The fourth-order valence-corrected chi connectivity index (χ4v) is 2.53. The van der Waals surface area contributed by atoms with Crippen molar-refractivity contribution in [3.05, 3.63) is 52.4 Å². The zero-order valence-electron chi connectivity index (χ0n) is 13.5. The van der Waals surface area contributed by atoms with Gasteiger partial charge in [-0.1, -0.05) is 11.2 Å². The summed E-state index contributed by atoms with van der Waals surface area (Å²) in [6.07, 6.45) is 0.899. The van der Waals surface area contributed by atoms with Crippen LogP contribution in [0, 0.1) is 25.5 Å². The lowest BCUT2D eigenvalue weighted by Gasteiger charge is -2.15. The van der Waals surface area contributed by atoms with Gasteiger partial charge < -0.3 is 9.84 Å². The Morgan fingerprint density at radius 3 is 2.48 bits per heavy atom. The molecule has 1 atom stereocenters. The van der Waals surface area contributed by atoms with E-state index in [9.17, 15) is 13.6 Å². The third kappa shape index (κ3) is 4.37. The van der Waals surface area contributed by atoms with E-state index < -0.39 is 11.6 Å². The van der Waals surface area contributed by atoms with Crippen LogP contribution in [0.2, 0.25) is 0 Å². The number of carbonyl (C=O) groups excluding carboxylic acids is 1. The molecule has 0 saturated heterocycles. The summed E-state index contributed by atoms with van der Waals surface area (Å²) in [5, 5.41) is 6.60. The van der Waals surface area contributed by atoms with Gasteiger partial charge in [0, 0.05) is 23.6 Å². The first-order valence-electron chi connectivity index (χ1n) is 7.52. The normalized spacial score (nSPS) is 12.2. The number of hydrogen-bond donors (Lipinski definition) is 1. The topological polar surface area (TPSA) is 55.1 Å². The Bertz CT molecular complexity index is 658. The summed E-state index contributed by atoms with van der Waals surface area (Å²) in [6, 6.07) is 3.38. The SMILES string of the molecule is Cc1noc(C)c1CCC(=O)NC(C)Cc1c(F)cccc1F. The summed E-state index contributed by atoms with van der Waals surface area (Å²) >= 11 is 0. The van der Waals surface area contributed by atoms with Crippen molar-refractivity contribution in [2.45, 2.75) is 46.1 Å². The largest absolute Gasteiger partial charge is 0.361 e. The Kier molecular flexibility index (Phi) is 5.47. The van der Waals surface area contributed by atoms with Crippen molar-refractivity contribution in [2.75, 3.05) is 0 Å². The van der Waals surface area contributed by atoms with Crippen molar-refractivity contribution in [1.29, 1.82) is 0 Å². The van der Waals surface area contributed by atoms with Crippen molar-refractivity contribution in [3.63, 3.8) is 0 Å². The summed E-state index contributed by atoms with van der Waals surface area (Å²) in [7, 11) is 0. The summed E-state index contributed by atoms with van der Waals surface area (Å²) in [5.41, 5.74) is 1.69. The fraction of sp³-hybridized carbons (Fsp3) is 0.412. The second kappa shape index (κ2) is 7.35. The van der Waals surface area contributed by atoms with Gasteiger partial charge >= 0.3 is 0 Å². The van der Waals surface area contributed by atoms with Crippen molar-refractivity contribution in [2.24, 2.45) is 0 Å². The van der Waals surface area contributed by atoms with Crippen molar-refractivity contribution in [1.82, 2.24) is 10.5 Å². The first kappa shape index (κ1) is 17.1. The maximum Gasteiger partial charge on any atom is 0.220 e. The number of hydrogen-bond acceptors (Lipinski definition) is 3. The average molecular weight is 322 g/mol. The number of aryl methyl sites for hydroxylation is 2. The molecule has 0 spiro atoms. The summed E-state index contributed by atoms with van der Waals surface area (Å²) in [4.78, 5) is 12.0. The highest BCUT2D eigenvalue weighted by Gasteiger charge is 2.15. The van der Waals surface area contributed by atoms with Crippen LogP contribution >= 0.6 is 0 Å². The van der Waals surface area contributed by atoms with Gasteiger partial charge in [-0.3, -0.25) is 4.79 Å². The maximum atomic E-state index is 13.6. The Labute approximate surface area is 133 Å². The van der Waals surface area contributed by atoms with Gasteiger partial charge in [-0.2, -0.15) is 0 Å². The number of benzene rings is 1. The molecule has 1 unspecified atom stereocenters. The van der Waals surface area contributed by atoms with E-state index in [4.69, 9.17) is 4.52 Å². The molecule has 1 heterocycles. The zero-order chi connectivity index (χ0) is 17.0. The van der Waals surface area contributed by atoms with Crippen LogP contribution in [0.25, 0.3) is 0 Å². The highest BCUT2D eigenvalue weighted by Crippen LogP contribution is 2.16. The number of amides is 1. The van der Waals surface area contributed by atoms with Gasteiger partial charge in [0.15, 0.2) is 0 Å². The predicted octanol–water partition coefficient (Wildman–Crippen LogP) is 3.25. The van der Waals surface area contributed by atoms with Crippen LogP contribution in [-0.2, 0) is 17.6 Å². The molecule has 1 aromatic heterocycles. The molecule has 1 amide bonds. The van der Waals surface area contributed by atoms with Crippen molar-refractivity contribution >= 4 is 5.91 Å². The van der Waals surface area contributed by atoms with E-state index in [1.807, 2.05) is 6.92 Å². The van der Waals surface area contributed by atoms with Gasteiger partial charge in [0.25, 0.3) is 0 Å². The van der Waals surface area contributed by atoms with Gasteiger partial charge in [0.2, 0.25) is 5.91 Å². The van der Waals surface area contributed by atoms with Crippen LogP contribution in [0.5, 0.6) is 0 Å². The highest BCUT2D eigenvalue weighted by atomic mass is 19.1. The third-order valence-electron chi connectivity index (χ3n) is 3.76.